The summed E-state index contributed by atoms with van der Waals surface area (Å²) in [6.07, 6.45) is -4.09. The van der Waals surface area contributed by atoms with Crippen molar-refractivity contribution in [2.45, 2.75) is 25.7 Å². The molecule has 0 atom stereocenters. The molecule has 0 fully saturated rings. The number of nitrogens with zero attached hydrogens (tertiary/aromatic N) is 3. The zero-order valence-corrected chi connectivity index (χ0v) is 20.1. The van der Waals surface area contributed by atoms with Crippen molar-refractivity contribution in [2.75, 3.05) is 26.1 Å². The predicted molar refractivity (Wildman–Crippen MR) is 126 cm³/mol. The number of carbonyl (C=O) groups excluding carboxylic acids is 1. The van der Waals surface area contributed by atoms with Crippen molar-refractivity contribution >= 4 is 23.5 Å². The zero-order chi connectivity index (χ0) is 26.0. The molecule has 1 aliphatic heterocycles. The summed E-state index contributed by atoms with van der Waals surface area (Å²) in [5.74, 6) is 0.193. The van der Waals surface area contributed by atoms with Crippen molar-refractivity contribution in [1.29, 1.82) is 0 Å². The largest absolute Gasteiger partial charge is 0.495 e. The highest BCUT2D eigenvalue weighted by atomic mass is 35.5. The van der Waals surface area contributed by atoms with E-state index in [2.05, 4.69) is 10.3 Å². The van der Waals surface area contributed by atoms with E-state index in [-0.39, 0.29) is 24.9 Å². The summed E-state index contributed by atoms with van der Waals surface area (Å²) in [5.41, 5.74) is 0.535. The summed E-state index contributed by atoms with van der Waals surface area (Å²) >= 11 is 6.05. The monoisotopic (exact) mass is 522 g/mol. The third kappa shape index (κ3) is 5.11. The molecular weight excluding hydrogens is 501 g/mol. The molecule has 36 heavy (non-hydrogen) atoms. The lowest BCUT2D eigenvalue weighted by Crippen LogP contribution is -2.42. The summed E-state index contributed by atoms with van der Waals surface area (Å²) in [6.45, 7) is 0.488. The lowest BCUT2D eigenvalue weighted by atomic mass is 10.1. The van der Waals surface area contributed by atoms with Crippen molar-refractivity contribution in [3.05, 3.63) is 85.8 Å². The minimum absolute atomic E-state index is 0.0352. The Morgan fingerprint density at radius 2 is 1.89 bits per heavy atom. The topological polar surface area (TPSA) is 85.7 Å². The van der Waals surface area contributed by atoms with Gasteiger partial charge in [-0.1, -0.05) is 23.7 Å². The molecule has 3 aromatic rings. The Balaban J connectivity index is 1.53. The van der Waals surface area contributed by atoms with Gasteiger partial charge in [0.2, 0.25) is 5.95 Å². The first kappa shape index (κ1) is 25.4. The summed E-state index contributed by atoms with van der Waals surface area (Å²) in [6, 6.07) is 9.37. The maximum Gasteiger partial charge on any atom is 0.416 e. The van der Waals surface area contributed by atoms with Gasteiger partial charge in [-0.3, -0.25) is 9.59 Å². The number of methoxy groups -OCH3 is 1. The van der Waals surface area contributed by atoms with Crippen LogP contribution in [0, 0.1) is 0 Å². The van der Waals surface area contributed by atoms with Crippen LogP contribution in [0.25, 0.3) is 0 Å². The number of aromatic nitrogens is 2. The average molecular weight is 523 g/mol. The van der Waals surface area contributed by atoms with E-state index in [1.807, 2.05) is 0 Å². The number of carbonyl (C=O) groups is 1. The van der Waals surface area contributed by atoms with Crippen molar-refractivity contribution in [3.63, 3.8) is 0 Å². The Morgan fingerprint density at radius 3 is 2.53 bits per heavy atom. The SMILES string of the molecule is COc1cc(C(=O)N2CCc3nc(NCc4ccc(C(F)(F)F)cc4)n(OC)c(=O)c3C2)ccc1Cl. The van der Waals surface area contributed by atoms with Gasteiger partial charge in [0.15, 0.2) is 0 Å². The summed E-state index contributed by atoms with van der Waals surface area (Å²) in [4.78, 5) is 37.4. The zero-order valence-electron chi connectivity index (χ0n) is 19.4. The van der Waals surface area contributed by atoms with Crippen LogP contribution in [0.5, 0.6) is 5.75 Å². The van der Waals surface area contributed by atoms with Crippen LogP contribution in [0.4, 0.5) is 19.1 Å². The molecule has 0 unspecified atom stereocenters. The second-order valence-corrected chi connectivity index (χ2v) is 8.42. The maximum atomic E-state index is 13.1. The standard InChI is InChI=1S/C24H22ClF3N4O4/c1-35-20-11-15(5-8-18(20)25)21(33)31-10-9-19-17(13-31)22(34)32(36-2)23(30-19)29-12-14-3-6-16(7-4-14)24(26,27)28/h3-8,11H,9-10,12-13H2,1-2H3,(H,29,30). The molecular formula is C24H22ClF3N4O4. The van der Waals surface area contributed by atoms with Crippen LogP contribution in [0.3, 0.4) is 0 Å². The van der Waals surface area contributed by atoms with Crippen molar-refractivity contribution in [1.82, 2.24) is 14.6 Å². The van der Waals surface area contributed by atoms with Crippen LogP contribution in [-0.2, 0) is 25.7 Å². The fraction of sp³-hybridized carbons (Fsp3) is 0.292. The van der Waals surface area contributed by atoms with Gasteiger partial charge in [0.05, 0.1) is 35.5 Å². The van der Waals surface area contributed by atoms with Gasteiger partial charge in [0.1, 0.15) is 12.9 Å². The van der Waals surface area contributed by atoms with Crippen LogP contribution in [0.1, 0.15) is 32.7 Å². The first-order chi connectivity index (χ1) is 17.1. The number of hydrogen-bond acceptors (Lipinski definition) is 6. The van der Waals surface area contributed by atoms with Crippen LogP contribution in [0.15, 0.2) is 47.3 Å². The number of anilines is 1. The van der Waals surface area contributed by atoms with E-state index in [0.29, 0.717) is 46.1 Å². The summed E-state index contributed by atoms with van der Waals surface area (Å²) in [5, 5.41) is 3.32. The molecule has 190 valence electrons. The van der Waals surface area contributed by atoms with Gasteiger partial charge in [-0.05, 0) is 35.9 Å². The number of rotatable bonds is 6. The smallest absolute Gasteiger partial charge is 0.416 e. The van der Waals surface area contributed by atoms with Gasteiger partial charge in [0, 0.05) is 25.1 Å². The van der Waals surface area contributed by atoms with Gasteiger partial charge >= 0.3 is 6.18 Å². The molecule has 1 aliphatic rings. The van der Waals surface area contributed by atoms with Crippen LogP contribution < -0.4 is 20.5 Å². The Morgan fingerprint density at radius 1 is 1.17 bits per heavy atom. The van der Waals surface area contributed by atoms with Crippen molar-refractivity contribution < 1.29 is 27.5 Å². The van der Waals surface area contributed by atoms with E-state index >= 15 is 0 Å². The molecule has 1 aromatic heterocycles. The highest BCUT2D eigenvalue weighted by Crippen LogP contribution is 2.29. The first-order valence-corrected chi connectivity index (χ1v) is 11.2. The van der Waals surface area contributed by atoms with Crippen molar-refractivity contribution in [2.24, 2.45) is 0 Å². The van der Waals surface area contributed by atoms with E-state index in [9.17, 15) is 22.8 Å². The van der Waals surface area contributed by atoms with Crippen LogP contribution >= 0.6 is 11.6 Å². The number of benzene rings is 2. The van der Waals surface area contributed by atoms with Gasteiger partial charge in [-0.2, -0.15) is 13.2 Å². The molecule has 4 rings (SSSR count). The van der Waals surface area contributed by atoms with Crippen molar-refractivity contribution in [3.8, 4) is 5.75 Å². The Bertz CT molecular complexity index is 1340. The number of nitrogens with one attached hydrogen (secondary N) is 1. The fourth-order valence-electron chi connectivity index (χ4n) is 3.88. The fourth-order valence-corrected chi connectivity index (χ4v) is 4.08. The molecule has 0 spiro atoms. The van der Waals surface area contributed by atoms with Gasteiger partial charge in [0.25, 0.3) is 11.5 Å². The van der Waals surface area contributed by atoms with E-state index in [0.717, 1.165) is 16.9 Å². The number of hydrogen-bond donors (Lipinski definition) is 1. The van der Waals surface area contributed by atoms with E-state index in [1.54, 1.807) is 18.2 Å². The predicted octanol–water partition coefficient (Wildman–Crippen LogP) is 3.79. The van der Waals surface area contributed by atoms with E-state index in [4.69, 9.17) is 21.2 Å². The van der Waals surface area contributed by atoms with Gasteiger partial charge in [-0.15, -0.1) is 4.73 Å². The molecule has 0 radical (unpaired) electrons. The minimum atomic E-state index is -4.42. The molecule has 0 saturated heterocycles. The van der Waals surface area contributed by atoms with E-state index in [1.165, 1.54) is 31.3 Å². The Labute approximate surface area is 209 Å². The highest BCUT2D eigenvalue weighted by Gasteiger charge is 2.30. The Kier molecular flexibility index (Phi) is 7.11. The molecule has 1 N–H and O–H groups in total. The molecule has 0 saturated carbocycles. The second-order valence-electron chi connectivity index (χ2n) is 8.02. The molecule has 1 amide bonds. The number of amides is 1. The number of alkyl halides is 3. The molecule has 12 heteroatoms. The van der Waals surface area contributed by atoms with E-state index < -0.39 is 17.3 Å². The van der Waals surface area contributed by atoms with Crippen LogP contribution in [-0.4, -0.2) is 41.3 Å². The average Bonchev–Trinajstić information content (AvgIpc) is 2.87. The Hall–Kier alpha value is -3.73. The third-order valence-corrected chi connectivity index (χ3v) is 6.10. The lowest BCUT2D eigenvalue weighted by Gasteiger charge is -2.29. The molecule has 2 heterocycles. The minimum Gasteiger partial charge on any atom is -0.495 e. The molecule has 0 aliphatic carbocycles. The number of ether oxygens (including phenoxy) is 1. The normalized spacial score (nSPS) is 13.2. The maximum absolute atomic E-state index is 13.1. The molecule has 0 bridgehead atoms. The van der Waals surface area contributed by atoms with Crippen LogP contribution in [0.2, 0.25) is 5.02 Å². The molecule has 2 aromatic carbocycles. The first-order valence-electron chi connectivity index (χ1n) is 10.8. The second kappa shape index (κ2) is 10.1. The number of fused-ring (bicyclic) bond motifs is 1. The highest BCUT2D eigenvalue weighted by molar-refractivity contribution is 6.32. The van der Waals surface area contributed by atoms with Gasteiger partial charge in [-0.25, -0.2) is 4.98 Å². The summed E-state index contributed by atoms with van der Waals surface area (Å²) in [7, 11) is 2.75. The van der Waals surface area contributed by atoms with Gasteiger partial charge < -0.3 is 19.8 Å². The third-order valence-electron chi connectivity index (χ3n) is 5.79. The number of halogens is 4. The molecule has 8 nitrogen and oxygen atoms in total. The lowest BCUT2D eigenvalue weighted by molar-refractivity contribution is -0.137. The quantitative estimate of drug-likeness (QED) is 0.530. The summed E-state index contributed by atoms with van der Waals surface area (Å²) < 4.78 is 44.5.